The van der Waals surface area contributed by atoms with Crippen molar-refractivity contribution in [2.75, 3.05) is 4.72 Å². The molecule has 0 radical (unpaired) electrons. The number of sulfonamides is 1. The normalized spacial score (nSPS) is 17.1. The zero-order chi connectivity index (χ0) is 21.8. The van der Waals surface area contributed by atoms with Gasteiger partial charge < -0.3 is 4.42 Å². The third-order valence-corrected chi connectivity index (χ3v) is 7.93. The average Bonchev–Trinajstić information content (AvgIpc) is 3.10. The maximum absolute atomic E-state index is 13.1. The molecule has 5 heteroatoms. The molecule has 0 bridgehead atoms. The molecule has 0 aliphatic heterocycles. The largest absolute Gasteiger partial charge is 0.461 e. The monoisotopic (exact) mass is 433 g/mol. The predicted molar refractivity (Wildman–Crippen MR) is 126 cm³/mol. The number of rotatable bonds is 3. The van der Waals surface area contributed by atoms with Crippen LogP contribution in [0.15, 0.2) is 70.0 Å². The van der Waals surface area contributed by atoms with Gasteiger partial charge in [0.15, 0.2) is 0 Å². The van der Waals surface area contributed by atoms with Crippen molar-refractivity contribution in [3.63, 3.8) is 0 Å². The molecule has 1 N–H and O–H groups in total. The Kier molecular flexibility index (Phi) is 4.63. The molecule has 1 aromatic heterocycles. The second kappa shape index (κ2) is 7.13. The molecular formula is C26H27NO3S. The molecule has 1 atom stereocenters. The van der Waals surface area contributed by atoms with Crippen molar-refractivity contribution in [1.29, 1.82) is 0 Å². The van der Waals surface area contributed by atoms with Gasteiger partial charge in [0.25, 0.3) is 10.0 Å². The number of nitrogens with one attached hydrogen (secondary N) is 1. The number of aryl methyl sites for hydroxylation is 1. The lowest BCUT2D eigenvalue weighted by atomic mass is 9.71. The molecule has 1 heterocycles. The van der Waals surface area contributed by atoms with Gasteiger partial charge in [0, 0.05) is 23.1 Å². The first kappa shape index (κ1) is 20.1. The minimum absolute atomic E-state index is 0.233. The van der Waals surface area contributed by atoms with Gasteiger partial charge in [-0.05, 0) is 65.3 Å². The van der Waals surface area contributed by atoms with E-state index >= 15 is 0 Å². The Morgan fingerprint density at radius 3 is 2.52 bits per heavy atom. The highest BCUT2D eigenvalue weighted by Crippen LogP contribution is 2.41. The minimum Gasteiger partial charge on any atom is -0.461 e. The summed E-state index contributed by atoms with van der Waals surface area (Å²) in [4.78, 5) is 0.258. The van der Waals surface area contributed by atoms with E-state index < -0.39 is 10.0 Å². The van der Waals surface area contributed by atoms with Gasteiger partial charge in [-0.3, -0.25) is 4.72 Å². The first-order valence-corrected chi connectivity index (χ1v) is 12.2. The van der Waals surface area contributed by atoms with Gasteiger partial charge in [-0.25, -0.2) is 8.42 Å². The van der Waals surface area contributed by atoms with Gasteiger partial charge in [0.05, 0.1) is 4.90 Å². The van der Waals surface area contributed by atoms with Gasteiger partial charge in [0.1, 0.15) is 11.3 Å². The molecular weight excluding hydrogens is 406 g/mol. The highest BCUT2D eigenvalue weighted by atomic mass is 32.2. The van der Waals surface area contributed by atoms with Gasteiger partial charge in [-0.2, -0.15) is 0 Å². The van der Waals surface area contributed by atoms with Crippen LogP contribution in [-0.4, -0.2) is 8.42 Å². The van der Waals surface area contributed by atoms with Crippen LogP contribution in [0.3, 0.4) is 0 Å². The smallest absolute Gasteiger partial charge is 0.261 e. The third-order valence-electron chi connectivity index (χ3n) is 6.55. The molecule has 31 heavy (non-hydrogen) atoms. The topological polar surface area (TPSA) is 59.3 Å². The first-order chi connectivity index (χ1) is 14.7. The summed E-state index contributed by atoms with van der Waals surface area (Å²) >= 11 is 0. The number of furan rings is 1. The summed E-state index contributed by atoms with van der Waals surface area (Å²) in [7, 11) is -3.69. The van der Waals surface area contributed by atoms with Crippen LogP contribution in [-0.2, 0) is 22.9 Å². The average molecular weight is 434 g/mol. The molecule has 0 spiro atoms. The van der Waals surface area contributed by atoms with Gasteiger partial charge in [-0.15, -0.1) is 0 Å². The van der Waals surface area contributed by atoms with Crippen molar-refractivity contribution >= 4 is 37.5 Å². The quantitative estimate of drug-likeness (QED) is 0.399. The van der Waals surface area contributed by atoms with Crippen molar-refractivity contribution in [3.05, 3.63) is 72.0 Å². The van der Waals surface area contributed by atoms with Crippen molar-refractivity contribution < 1.29 is 12.8 Å². The van der Waals surface area contributed by atoms with E-state index in [1.165, 1.54) is 5.56 Å². The summed E-state index contributed by atoms with van der Waals surface area (Å²) in [6.07, 6.45) is 3.02. The fraction of sp³-hybridized carbons (Fsp3) is 0.308. The van der Waals surface area contributed by atoms with Crippen LogP contribution in [0.1, 0.15) is 38.5 Å². The van der Waals surface area contributed by atoms with Gasteiger partial charge in [0.2, 0.25) is 0 Å². The molecule has 160 valence electrons. The maximum Gasteiger partial charge on any atom is 0.261 e. The lowest BCUT2D eigenvalue weighted by Gasteiger charge is -2.33. The third kappa shape index (κ3) is 3.72. The summed E-state index contributed by atoms with van der Waals surface area (Å²) in [6, 6.07) is 18.5. The number of hydrogen-bond acceptors (Lipinski definition) is 3. The van der Waals surface area contributed by atoms with Crippen molar-refractivity contribution in [3.8, 4) is 0 Å². The Labute approximate surface area is 183 Å². The maximum atomic E-state index is 13.1. The van der Waals surface area contributed by atoms with Crippen molar-refractivity contribution in [2.24, 2.45) is 11.3 Å². The van der Waals surface area contributed by atoms with Crippen LogP contribution >= 0.6 is 0 Å². The summed E-state index contributed by atoms with van der Waals surface area (Å²) in [5.41, 5.74) is 2.85. The first-order valence-electron chi connectivity index (χ1n) is 10.8. The predicted octanol–water partition coefficient (Wildman–Crippen LogP) is 6.54. The molecule has 4 nitrogen and oxygen atoms in total. The zero-order valence-electron chi connectivity index (χ0n) is 18.1. The van der Waals surface area contributed by atoms with E-state index in [-0.39, 0.29) is 10.3 Å². The Morgan fingerprint density at radius 2 is 1.74 bits per heavy atom. The molecule has 3 aromatic carbocycles. The molecule has 0 amide bonds. The summed E-state index contributed by atoms with van der Waals surface area (Å²) < 4.78 is 35.0. The molecule has 1 aliphatic carbocycles. The number of anilines is 1. The molecule has 1 aliphatic rings. The molecule has 0 fully saturated rings. The highest BCUT2D eigenvalue weighted by Gasteiger charge is 2.31. The molecule has 5 rings (SSSR count). The Bertz CT molecular complexity index is 1390. The molecule has 4 aromatic rings. The lowest BCUT2D eigenvalue weighted by molar-refractivity contribution is 0.210. The van der Waals surface area contributed by atoms with Crippen LogP contribution in [0.5, 0.6) is 0 Å². The standard InChI is InChI=1S/C26H27NO3S/c1-26(2,3)19-9-12-24-22(15-19)23-16-20(10-13-25(23)30-24)27-31(28,29)21-11-8-17-6-4-5-7-18(17)14-21/h4-8,10-11,13-14,16,19,27H,9,12,15H2,1-3H3/t19-/m1/s1. The number of hydrogen-bond donors (Lipinski definition) is 1. The molecule has 0 saturated carbocycles. The minimum atomic E-state index is -3.69. The van der Waals surface area contributed by atoms with E-state index in [4.69, 9.17) is 4.42 Å². The number of benzene rings is 3. The van der Waals surface area contributed by atoms with E-state index in [2.05, 4.69) is 25.5 Å². The Hall–Kier alpha value is -2.79. The summed E-state index contributed by atoms with van der Waals surface area (Å²) in [5, 5.41) is 2.93. The van der Waals surface area contributed by atoms with Crippen molar-refractivity contribution in [1.82, 2.24) is 0 Å². The fourth-order valence-electron chi connectivity index (χ4n) is 4.63. The Morgan fingerprint density at radius 1 is 0.968 bits per heavy atom. The summed E-state index contributed by atoms with van der Waals surface area (Å²) in [6.45, 7) is 6.86. The lowest BCUT2D eigenvalue weighted by Crippen LogP contribution is -2.26. The second-order valence-corrected chi connectivity index (χ2v) is 11.3. The van der Waals surface area contributed by atoms with E-state index in [1.807, 2.05) is 42.5 Å². The molecule has 0 unspecified atom stereocenters. The highest BCUT2D eigenvalue weighted by molar-refractivity contribution is 7.92. The van der Waals surface area contributed by atoms with Crippen LogP contribution < -0.4 is 4.72 Å². The van der Waals surface area contributed by atoms with E-state index in [9.17, 15) is 8.42 Å². The Balaban J connectivity index is 1.49. The van der Waals surface area contributed by atoms with Crippen LogP contribution in [0.4, 0.5) is 5.69 Å². The SMILES string of the molecule is CC(C)(C)[C@@H]1CCc2oc3ccc(NS(=O)(=O)c4ccc5ccccc5c4)cc3c2C1. The second-order valence-electron chi connectivity index (χ2n) is 9.63. The van der Waals surface area contributed by atoms with Crippen LogP contribution in [0, 0.1) is 11.3 Å². The molecule has 0 saturated heterocycles. The summed E-state index contributed by atoms with van der Waals surface area (Å²) in [5.74, 6) is 1.63. The van der Waals surface area contributed by atoms with Crippen molar-refractivity contribution in [2.45, 2.75) is 44.9 Å². The number of fused-ring (bicyclic) bond motifs is 4. The van der Waals surface area contributed by atoms with Gasteiger partial charge >= 0.3 is 0 Å². The van der Waals surface area contributed by atoms with Crippen LogP contribution in [0.2, 0.25) is 0 Å². The fourth-order valence-corrected chi connectivity index (χ4v) is 5.71. The van der Waals surface area contributed by atoms with Crippen LogP contribution in [0.25, 0.3) is 21.7 Å². The zero-order valence-corrected chi connectivity index (χ0v) is 18.9. The van der Waals surface area contributed by atoms with E-state index in [0.29, 0.717) is 11.6 Å². The van der Waals surface area contributed by atoms with Gasteiger partial charge in [-0.1, -0.05) is 51.1 Å². The van der Waals surface area contributed by atoms with E-state index in [1.54, 1.807) is 18.2 Å². The van der Waals surface area contributed by atoms with E-state index in [0.717, 1.165) is 46.8 Å².